The first-order valence-corrected chi connectivity index (χ1v) is 6.88. The van der Waals surface area contributed by atoms with E-state index in [4.69, 9.17) is 4.74 Å². The fourth-order valence-corrected chi connectivity index (χ4v) is 2.43. The minimum Gasteiger partial charge on any atom is -0.459 e. The molecule has 0 aromatic heterocycles. The fraction of sp³-hybridized carbons (Fsp3) is 0.500. The van der Waals surface area contributed by atoms with Gasteiger partial charge in [-0.25, -0.2) is 0 Å². The molecule has 0 spiro atoms. The molecule has 1 N–H and O–H groups in total. The normalized spacial score (nSPS) is 19.2. The van der Waals surface area contributed by atoms with Gasteiger partial charge in [0.1, 0.15) is 11.6 Å². The van der Waals surface area contributed by atoms with Gasteiger partial charge in [0, 0.05) is 11.0 Å². The van der Waals surface area contributed by atoms with Crippen molar-refractivity contribution in [2.75, 3.05) is 0 Å². The van der Waals surface area contributed by atoms with Crippen molar-refractivity contribution in [1.29, 1.82) is 0 Å². The summed E-state index contributed by atoms with van der Waals surface area (Å²) in [6, 6.07) is 5.94. The first-order valence-electron chi connectivity index (χ1n) is 6.09. The van der Waals surface area contributed by atoms with Gasteiger partial charge in [0.25, 0.3) is 0 Å². The maximum Gasteiger partial charge on any atom is 0.324 e. The van der Waals surface area contributed by atoms with Crippen LogP contribution in [-0.4, -0.2) is 17.6 Å². The molecule has 98 valence electrons. The number of carbonyl (C=O) groups excluding carboxylic acids is 1. The molecule has 2 rings (SSSR count). The highest BCUT2D eigenvalue weighted by molar-refractivity contribution is 9.10. The first kappa shape index (κ1) is 13.6. The molecule has 1 unspecified atom stereocenters. The van der Waals surface area contributed by atoms with Crippen molar-refractivity contribution in [1.82, 2.24) is 5.32 Å². The van der Waals surface area contributed by atoms with Crippen LogP contribution < -0.4 is 5.32 Å². The molecule has 3 nitrogen and oxygen atoms in total. The molecule has 0 aliphatic carbocycles. The number of hydrogen-bond donors (Lipinski definition) is 1. The number of carbonyl (C=O) groups is 1. The van der Waals surface area contributed by atoms with Crippen LogP contribution in [0.2, 0.25) is 0 Å². The van der Waals surface area contributed by atoms with E-state index in [0.717, 1.165) is 4.47 Å². The average Bonchev–Trinajstić information content (AvgIpc) is 2.25. The third-order valence-corrected chi connectivity index (χ3v) is 3.32. The molecule has 0 radical (unpaired) electrons. The Labute approximate surface area is 116 Å². The van der Waals surface area contributed by atoms with Crippen molar-refractivity contribution in [2.45, 2.75) is 45.4 Å². The van der Waals surface area contributed by atoms with E-state index in [2.05, 4.69) is 33.4 Å². The van der Waals surface area contributed by atoms with E-state index in [9.17, 15) is 4.79 Å². The number of fused-ring (bicyclic) bond motifs is 1. The van der Waals surface area contributed by atoms with Crippen molar-refractivity contribution in [3.63, 3.8) is 0 Å². The Morgan fingerprint density at radius 3 is 2.78 bits per heavy atom. The van der Waals surface area contributed by atoms with Gasteiger partial charge in [-0.15, -0.1) is 0 Å². The molecule has 1 aliphatic heterocycles. The van der Waals surface area contributed by atoms with E-state index < -0.39 is 5.60 Å². The molecule has 0 saturated carbocycles. The number of halogens is 1. The molecular weight excluding hydrogens is 294 g/mol. The van der Waals surface area contributed by atoms with Crippen molar-refractivity contribution >= 4 is 21.9 Å². The zero-order chi connectivity index (χ0) is 13.3. The Morgan fingerprint density at radius 1 is 1.39 bits per heavy atom. The Morgan fingerprint density at radius 2 is 2.11 bits per heavy atom. The summed E-state index contributed by atoms with van der Waals surface area (Å²) in [7, 11) is 0. The average molecular weight is 312 g/mol. The van der Waals surface area contributed by atoms with E-state index >= 15 is 0 Å². The van der Waals surface area contributed by atoms with Crippen LogP contribution in [-0.2, 0) is 22.5 Å². The molecule has 0 amide bonds. The minimum atomic E-state index is -0.434. The van der Waals surface area contributed by atoms with Gasteiger partial charge in [0.2, 0.25) is 0 Å². The summed E-state index contributed by atoms with van der Waals surface area (Å²) in [5, 5.41) is 3.23. The van der Waals surface area contributed by atoms with Crippen molar-refractivity contribution < 1.29 is 9.53 Å². The molecule has 1 aromatic carbocycles. The van der Waals surface area contributed by atoms with Crippen LogP contribution in [0.3, 0.4) is 0 Å². The molecule has 18 heavy (non-hydrogen) atoms. The van der Waals surface area contributed by atoms with Crippen LogP contribution in [0, 0.1) is 0 Å². The van der Waals surface area contributed by atoms with E-state index in [0.29, 0.717) is 13.0 Å². The van der Waals surface area contributed by atoms with Gasteiger partial charge in [-0.05, 0) is 50.5 Å². The highest BCUT2D eigenvalue weighted by Gasteiger charge is 2.28. The smallest absolute Gasteiger partial charge is 0.324 e. The summed E-state index contributed by atoms with van der Waals surface area (Å²) < 4.78 is 6.46. The standard InChI is InChI=1S/C14H18BrNO2/c1-14(2,3)18-13(17)12-7-10-6-11(15)5-4-9(10)8-16-12/h4-6,12,16H,7-8H2,1-3H3. The molecule has 1 heterocycles. The lowest BCUT2D eigenvalue weighted by Crippen LogP contribution is -2.45. The summed E-state index contributed by atoms with van der Waals surface area (Å²) >= 11 is 3.46. The predicted molar refractivity (Wildman–Crippen MR) is 74.3 cm³/mol. The van der Waals surface area contributed by atoms with Crippen molar-refractivity contribution in [2.24, 2.45) is 0 Å². The van der Waals surface area contributed by atoms with Crippen LogP contribution >= 0.6 is 15.9 Å². The van der Waals surface area contributed by atoms with Gasteiger partial charge in [-0.3, -0.25) is 4.79 Å². The van der Waals surface area contributed by atoms with E-state index in [1.165, 1.54) is 11.1 Å². The summed E-state index contributed by atoms with van der Waals surface area (Å²) in [6.07, 6.45) is 0.684. The Kier molecular flexibility index (Phi) is 3.78. The second-order valence-corrected chi connectivity index (χ2v) is 6.50. The number of nitrogens with one attached hydrogen (secondary N) is 1. The highest BCUT2D eigenvalue weighted by Crippen LogP contribution is 2.22. The Hall–Kier alpha value is -0.870. The third kappa shape index (κ3) is 3.33. The second-order valence-electron chi connectivity index (χ2n) is 5.58. The number of rotatable bonds is 1. The summed E-state index contributed by atoms with van der Waals surface area (Å²) in [5.74, 6) is -0.173. The lowest BCUT2D eigenvalue weighted by atomic mass is 9.96. The monoisotopic (exact) mass is 311 g/mol. The van der Waals surface area contributed by atoms with Gasteiger partial charge in [-0.2, -0.15) is 0 Å². The molecule has 0 fully saturated rings. The van der Waals surface area contributed by atoms with Crippen LogP contribution in [0.4, 0.5) is 0 Å². The Balaban J connectivity index is 2.09. The van der Waals surface area contributed by atoms with Gasteiger partial charge >= 0.3 is 5.97 Å². The topological polar surface area (TPSA) is 38.3 Å². The van der Waals surface area contributed by atoms with Crippen LogP contribution in [0.15, 0.2) is 22.7 Å². The van der Waals surface area contributed by atoms with E-state index in [-0.39, 0.29) is 12.0 Å². The number of esters is 1. The first-order chi connectivity index (χ1) is 8.35. The molecule has 0 bridgehead atoms. The second kappa shape index (κ2) is 5.02. The molecule has 1 aliphatic rings. The largest absolute Gasteiger partial charge is 0.459 e. The van der Waals surface area contributed by atoms with Crippen LogP contribution in [0.25, 0.3) is 0 Å². The van der Waals surface area contributed by atoms with Gasteiger partial charge in [0.05, 0.1) is 0 Å². The van der Waals surface area contributed by atoms with Crippen molar-refractivity contribution in [3.05, 3.63) is 33.8 Å². The lowest BCUT2D eigenvalue weighted by molar-refractivity contribution is -0.157. The number of benzene rings is 1. The molecule has 4 heteroatoms. The molecular formula is C14H18BrNO2. The lowest BCUT2D eigenvalue weighted by Gasteiger charge is -2.28. The zero-order valence-electron chi connectivity index (χ0n) is 10.9. The molecule has 0 saturated heterocycles. The Bertz CT molecular complexity index is 465. The molecule has 1 aromatic rings. The van der Waals surface area contributed by atoms with E-state index in [1.807, 2.05) is 26.8 Å². The quantitative estimate of drug-likeness (QED) is 0.811. The van der Waals surface area contributed by atoms with Gasteiger partial charge in [0.15, 0.2) is 0 Å². The number of ether oxygens (including phenoxy) is 1. The zero-order valence-corrected chi connectivity index (χ0v) is 12.5. The minimum absolute atomic E-state index is 0.173. The highest BCUT2D eigenvalue weighted by atomic mass is 79.9. The molecule has 1 atom stereocenters. The summed E-state index contributed by atoms with van der Waals surface area (Å²) in [5.41, 5.74) is 2.02. The fourth-order valence-electron chi connectivity index (χ4n) is 2.02. The van der Waals surface area contributed by atoms with Crippen LogP contribution in [0.5, 0.6) is 0 Å². The SMILES string of the molecule is CC(C)(C)OC(=O)C1Cc2cc(Br)ccc2CN1. The predicted octanol–water partition coefficient (Wildman–Crippen LogP) is 2.81. The van der Waals surface area contributed by atoms with Crippen LogP contribution in [0.1, 0.15) is 31.9 Å². The summed E-state index contributed by atoms with van der Waals surface area (Å²) in [4.78, 5) is 12.0. The third-order valence-electron chi connectivity index (χ3n) is 2.82. The van der Waals surface area contributed by atoms with Gasteiger partial charge < -0.3 is 10.1 Å². The van der Waals surface area contributed by atoms with Crippen molar-refractivity contribution in [3.8, 4) is 0 Å². The van der Waals surface area contributed by atoms with E-state index in [1.54, 1.807) is 0 Å². The number of hydrogen-bond acceptors (Lipinski definition) is 3. The maximum absolute atomic E-state index is 12.0. The maximum atomic E-state index is 12.0. The summed E-state index contributed by atoms with van der Waals surface area (Å²) in [6.45, 7) is 6.38. The van der Waals surface area contributed by atoms with Gasteiger partial charge in [-0.1, -0.05) is 22.0 Å².